The molecule has 2 rings (SSSR count). The quantitative estimate of drug-likeness (QED) is 0.676. The lowest BCUT2D eigenvalue weighted by Crippen LogP contribution is -2.08. The third kappa shape index (κ3) is 3.91. The largest absolute Gasteiger partial charge is 0.369 e. The fraction of sp³-hybridized carbons (Fsp3) is 0.143. The van der Waals surface area contributed by atoms with Crippen molar-refractivity contribution in [2.45, 2.75) is 6.42 Å². The zero-order valence-electron chi connectivity index (χ0n) is 10.9. The van der Waals surface area contributed by atoms with Crippen LogP contribution in [0.5, 0.6) is 0 Å². The Morgan fingerprint density at radius 1 is 1.38 bits per heavy atom. The van der Waals surface area contributed by atoms with E-state index in [0.29, 0.717) is 17.4 Å². The average molecular weight is 303 g/mol. The molecule has 0 aliphatic carbocycles. The molecule has 0 radical (unpaired) electrons. The van der Waals surface area contributed by atoms with Crippen LogP contribution in [0.1, 0.15) is 11.1 Å². The highest BCUT2D eigenvalue weighted by molar-refractivity contribution is 6.30. The first-order chi connectivity index (χ1) is 10.1. The minimum atomic E-state index is -0.578. The molecule has 0 saturated heterocycles. The van der Waals surface area contributed by atoms with Crippen LogP contribution in [-0.2, 0) is 6.42 Å². The first-order valence-corrected chi connectivity index (χ1v) is 6.51. The number of nitro groups is 1. The zero-order valence-corrected chi connectivity index (χ0v) is 11.7. The standard InChI is InChI=1S/C14H11ClN4O2/c15-12-3-1-10(2-4-12)5-6-17-14-11(8-16)7-13(9-18-14)19(20)21/h1-4,7,9H,5-6H2,(H,17,18). The third-order valence-corrected chi connectivity index (χ3v) is 3.08. The van der Waals surface area contributed by atoms with Crippen LogP contribution in [0.3, 0.4) is 0 Å². The van der Waals surface area contributed by atoms with Crippen molar-refractivity contribution in [1.82, 2.24) is 4.98 Å². The summed E-state index contributed by atoms with van der Waals surface area (Å²) in [5, 5.41) is 23.3. The first kappa shape index (κ1) is 14.8. The van der Waals surface area contributed by atoms with Gasteiger partial charge in [0.25, 0.3) is 5.69 Å². The van der Waals surface area contributed by atoms with Gasteiger partial charge in [-0.25, -0.2) is 4.98 Å². The van der Waals surface area contributed by atoms with Gasteiger partial charge in [0.15, 0.2) is 0 Å². The smallest absolute Gasteiger partial charge is 0.289 e. The number of halogens is 1. The monoisotopic (exact) mass is 302 g/mol. The second kappa shape index (κ2) is 6.68. The summed E-state index contributed by atoms with van der Waals surface area (Å²) < 4.78 is 0. The van der Waals surface area contributed by atoms with Crippen molar-refractivity contribution in [3.63, 3.8) is 0 Å². The molecule has 0 fully saturated rings. The van der Waals surface area contributed by atoms with Crippen LogP contribution in [0.4, 0.5) is 11.5 Å². The molecule has 0 saturated carbocycles. The maximum atomic E-state index is 10.6. The van der Waals surface area contributed by atoms with Crippen LogP contribution >= 0.6 is 11.6 Å². The Balaban J connectivity index is 2.01. The van der Waals surface area contributed by atoms with Crippen LogP contribution in [0.15, 0.2) is 36.5 Å². The molecular formula is C14H11ClN4O2. The van der Waals surface area contributed by atoms with Crippen molar-refractivity contribution in [1.29, 1.82) is 5.26 Å². The highest BCUT2D eigenvalue weighted by Gasteiger charge is 2.11. The number of rotatable bonds is 5. The predicted octanol–water partition coefficient (Wildman–Crippen LogP) is 3.17. The van der Waals surface area contributed by atoms with Gasteiger partial charge in [-0.05, 0) is 24.1 Å². The van der Waals surface area contributed by atoms with Gasteiger partial charge >= 0.3 is 0 Å². The number of nitrogens with zero attached hydrogens (tertiary/aromatic N) is 3. The van der Waals surface area contributed by atoms with E-state index in [9.17, 15) is 10.1 Å². The lowest BCUT2D eigenvalue weighted by molar-refractivity contribution is -0.385. The summed E-state index contributed by atoms with van der Waals surface area (Å²) >= 11 is 5.80. The molecule has 0 aliphatic rings. The van der Waals surface area contributed by atoms with Crippen molar-refractivity contribution in [2.24, 2.45) is 0 Å². The Labute approximate surface area is 126 Å². The summed E-state index contributed by atoms with van der Waals surface area (Å²) in [5.41, 5.74) is 1.04. The predicted molar refractivity (Wildman–Crippen MR) is 79.3 cm³/mol. The van der Waals surface area contributed by atoms with E-state index in [4.69, 9.17) is 16.9 Å². The Bertz CT molecular complexity index is 695. The van der Waals surface area contributed by atoms with E-state index in [1.165, 1.54) is 6.07 Å². The maximum Gasteiger partial charge on any atom is 0.289 e. The molecule has 1 aromatic heterocycles. The van der Waals surface area contributed by atoms with E-state index >= 15 is 0 Å². The summed E-state index contributed by atoms with van der Waals surface area (Å²) in [7, 11) is 0. The Kier molecular flexibility index (Phi) is 4.69. The van der Waals surface area contributed by atoms with Gasteiger partial charge < -0.3 is 5.32 Å². The SMILES string of the molecule is N#Cc1cc([N+](=O)[O-])cnc1NCCc1ccc(Cl)cc1. The van der Waals surface area contributed by atoms with Crippen LogP contribution < -0.4 is 5.32 Å². The number of nitriles is 1. The molecule has 2 aromatic rings. The molecule has 1 aromatic carbocycles. The number of nitrogens with one attached hydrogen (secondary N) is 1. The Morgan fingerprint density at radius 3 is 2.71 bits per heavy atom. The number of hydrogen-bond donors (Lipinski definition) is 1. The fourth-order valence-corrected chi connectivity index (χ4v) is 1.88. The van der Waals surface area contributed by atoms with E-state index in [-0.39, 0.29) is 11.3 Å². The zero-order chi connectivity index (χ0) is 15.2. The van der Waals surface area contributed by atoms with Gasteiger partial charge in [0.1, 0.15) is 23.6 Å². The normalized spacial score (nSPS) is 9.90. The third-order valence-electron chi connectivity index (χ3n) is 2.82. The molecule has 1 heterocycles. The van der Waals surface area contributed by atoms with Crippen molar-refractivity contribution < 1.29 is 4.92 Å². The van der Waals surface area contributed by atoms with Crippen LogP contribution in [0.2, 0.25) is 5.02 Å². The summed E-state index contributed by atoms with van der Waals surface area (Å²) in [6.07, 6.45) is 1.85. The van der Waals surface area contributed by atoms with Crippen LogP contribution in [0.25, 0.3) is 0 Å². The van der Waals surface area contributed by atoms with E-state index in [1.54, 1.807) is 0 Å². The molecule has 0 atom stereocenters. The van der Waals surface area contributed by atoms with Gasteiger partial charge in [-0.15, -0.1) is 0 Å². The van der Waals surface area contributed by atoms with Crippen molar-refractivity contribution in [3.8, 4) is 6.07 Å². The molecule has 106 valence electrons. The van der Waals surface area contributed by atoms with Gasteiger partial charge in [-0.1, -0.05) is 23.7 Å². The van der Waals surface area contributed by atoms with Crippen LogP contribution in [-0.4, -0.2) is 16.5 Å². The molecule has 7 heteroatoms. The minimum absolute atomic E-state index is 0.153. The van der Waals surface area contributed by atoms with E-state index in [0.717, 1.165) is 18.2 Å². The second-order valence-corrected chi connectivity index (χ2v) is 4.70. The molecule has 0 aliphatic heterocycles. The van der Waals surface area contributed by atoms with E-state index < -0.39 is 4.92 Å². The van der Waals surface area contributed by atoms with Gasteiger partial charge in [0.2, 0.25) is 0 Å². The Hall–Kier alpha value is -2.65. The van der Waals surface area contributed by atoms with E-state index in [2.05, 4.69) is 10.3 Å². The van der Waals surface area contributed by atoms with Crippen molar-refractivity contribution >= 4 is 23.1 Å². The Morgan fingerprint density at radius 2 is 2.10 bits per heavy atom. The number of hydrogen-bond acceptors (Lipinski definition) is 5. The molecule has 6 nitrogen and oxygen atoms in total. The van der Waals surface area contributed by atoms with Gasteiger partial charge in [0, 0.05) is 17.6 Å². The number of anilines is 1. The van der Waals surface area contributed by atoms with E-state index in [1.807, 2.05) is 30.3 Å². The van der Waals surface area contributed by atoms with Gasteiger partial charge in [0.05, 0.1) is 4.92 Å². The van der Waals surface area contributed by atoms with Crippen molar-refractivity contribution in [2.75, 3.05) is 11.9 Å². The average Bonchev–Trinajstić information content (AvgIpc) is 2.49. The van der Waals surface area contributed by atoms with Gasteiger partial charge in [-0.3, -0.25) is 10.1 Å². The van der Waals surface area contributed by atoms with Gasteiger partial charge in [-0.2, -0.15) is 5.26 Å². The van der Waals surface area contributed by atoms with Crippen LogP contribution in [0, 0.1) is 21.4 Å². The molecular weight excluding hydrogens is 292 g/mol. The van der Waals surface area contributed by atoms with Crippen molar-refractivity contribution in [3.05, 3.63) is 62.8 Å². The number of aromatic nitrogens is 1. The first-order valence-electron chi connectivity index (χ1n) is 6.13. The second-order valence-electron chi connectivity index (χ2n) is 4.26. The molecule has 0 unspecified atom stereocenters. The molecule has 0 amide bonds. The summed E-state index contributed by atoms with van der Waals surface area (Å²) in [4.78, 5) is 14.0. The summed E-state index contributed by atoms with van der Waals surface area (Å²) in [6, 6.07) is 10.6. The molecule has 0 bridgehead atoms. The highest BCUT2D eigenvalue weighted by Crippen LogP contribution is 2.18. The molecule has 1 N–H and O–H groups in total. The topological polar surface area (TPSA) is 91.8 Å². The summed E-state index contributed by atoms with van der Waals surface area (Å²) in [6.45, 7) is 0.557. The maximum absolute atomic E-state index is 10.6. The highest BCUT2D eigenvalue weighted by atomic mass is 35.5. The molecule has 21 heavy (non-hydrogen) atoms. The lowest BCUT2D eigenvalue weighted by Gasteiger charge is -2.07. The minimum Gasteiger partial charge on any atom is -0.369 e. The number of benzene rings is 1. The number of pyridine rings is 1. The lowest BCUT2D eigenvalue weighted by atomic mass is 10.1. The fourth-order valence-electron chi connectivity index (χ4n) is 1.76. The molecule has 0 spiro atoms. The summed E-state index contributed by atoms with van der Waals surface area (Å²) in [5.74, 6) is 0.345.